The number of hydrazone groups is 1. The molecule has 0 aliphatic carbocycles. The van der Waals surface area contributed by atoms with Crippen LogP contribution in [-0.4, -0.2) is 37.9 Å². The van der Waals surface area contributed by atoms with Crippen LogP contribution in [0.3, 0.4) is 0 Å². The molecule has 0 aliphatic heterocycles. The van der Waals surface area contributed by atoms with Gasteiger partial charge >= 0.3 is 0 Å². The van der Waals surface area contributed by atoms with Crippen LogP contribution in [0.1, 0.15) is 22.8 Å². The first-order valence-electron chi connectivity index (χ1n) is 10.4. The summed E-state index contributed by atoms with van der Waals surface area (Å²) in [6, 6.07) is 18.4. The summed E-state index contributed by atoms with van der Waals surface area (Å²) in [4.78, 5) is 18.4. The minimum atomic E-state index is -0.393. The molecule has 0 atom stereocenters. The smallest absolute Gasteiger partial charge is 0.284 e. The Morgan fingerprint density at radius 2 is 1.91 bits per heavy atom. The molecule has 0 saturated carbocycles. The second-order valence-electron chi connectivity index (χ2n) is 7.01. The predicted octanol–water partition coefficient (Wildman–Crippen LogP) is 6.16. The number of ether oxygens (including phenoxy) is 3. The molecule has 0 radical (unpaired) electrons. The van der Waals surface area contributed by atoms with E-state index in [0.29, 0.717) is 28.8 Å². The van der Waals surface area contributed by atoms with E-state index in [-0.39, 0.29) is 0 Å². The molecule has 7 nitrogen and oxygen atoms in total. The Kier molecular flexibility index (Phi) is 7.44. The number of thiazole rings is 1. The highest BCUT2D eigenvalue weighted by Crippen LogP contribution is 2.35. The molecule has 0 saturated heterocycles. The molecule has 9 heteroatoms. The fraction of sp³-hybridized carbons (Fsp3) is 0.160. The van der Waals surface area contributed by atoms with Gasteiger partial charge in [-0.05, 0) is 67.1 Å². The van der Waals surface area contributed by atoms with Crippen LogP contribution in [0.15, 0.2) is 70.2 Å². The summed E-state index contributed by atoms with van der Waals surface area (Å²) in [6.45, 7) is 2.52. The molecule has 4 aromatic rings. The summed E-state index contributed by atoms with van der Waals surface area (Å²) in [5.41, 5.74) is 1.89. The first-order chi connectivity index (χ1) is 16.5. The molecule has 1 aromatic heterocycles. The lowest BCUT2D eigenvalue weighted by Crippen LogP contribution is -2.26. The summed E-state index contributed by atoms with van der Waals surface area (Å²) in [7, 11) is 3.02. The van der Waals surface area contributed by atoms with E-state index in [1.807, 2.05) is 49.4 Å². The van der Waals surface area contributed by atoms with E-state index in [9.17, 15) is 4.79 Å². The summed E-state index contributed by atoms with van der Waals surface area (Å²) < 4.78 is 18.2. The minimum Gasteiger partial charge on any atom is -0.494 e. The van der Waals surface area contributed by atoms with Crippen LogP contribution < -0.4 is 19.2 Å². The molecule has 0 fully saturated rings. The Hall–Kier alpha value is -3.43. The first-order valence-corrected chi connectivity index (χ1v) is 12.0. The topological polar surface area (TPSA) is 73.2 Å². The fourth-order valence-corrected chi connectivity index (χ4v) is 4.75. The van der Waals surface area contributed by atoms with Crippen LogP contribution in [-0.2, 0) is 0 Å². The summed E-state index contributed by atoms with van der Waals surface area (Å²) >= 11 is 4.85. The molecule has 0 spiro atoms. The SMILES string of the molecule is CCOc1ccc(/C=N/N(C(=O)c2cccc(OC)c2OC)c2nc3ccc(Br)cc3s2)cc1. The van der Waals surface area contributed by atoms with Crippen molar-refractivity contribution in [2.45, 2.75) is 6.92 Å². The van der Waals surface area contributed by atoms with Crippen molar-refractivity contribution in [3.05, 3.63) is 76.3 Å². The number of hydrogen-bond donors (Lipinski definition) is 0. The number of benzene rings is 3. The lowest BCUT2D eigenvalue weighted by Gasteiger charge is -2.17. The van der Waals surface area contributed by atoms with Crippen molar-refractivity contribution in [2.75, 3.05) is 25.8 Å². The molecule has 4 rings (SSSR count). The maximum absolute atomic E-state index is 13.7. The number of carbonyl (C=O) groups is 1. The van der Waals surface area contributed by atoms with Crippen LogP contribution in [0.4, 0.5) is 5.13 Å². The highest BCUT2D eigenvalue weighted by molar-refractivity contribution is 9.10. The molecule has 0 N–H and O–H groups in total. The van der Waals surface area contributed by atoms with Gasteiger partial charge in [-0.1, -0.05) is 33.3 Å². The van der Waals surface area contributed by atoms with Gasteiger partial charge in [0.05, 0.1) is 42.8 Å². The van der Waals surface area contributed by atoms with Gasteiger partial charge in [0, 0.05) is 4.47 Å². The predicted molar refractivity (Wildman–Crippen MR) is 139 cm³/mol. The number of anilines is 1. The van der Waals surface area contributed by atoms with E-state index in [1.54, 1.807) is 24.4 Å². The number of aromatic nitrogens is 1. The van der Waals surface area contributed by atoms with Gasteiger partial charge in [0.15, 0.2) is 11.5 Å². The first kappa shape index (κ1) is 23.7. The average Bonchev–Trinajstić information content (AvgIpc) is 3.27. The lowest BCUT2D eigenvalue weighted by atomic mass is 10.1. The molecule has 0 unspecified atom stereocenters. The zero-order valence-corrected chi connectivity index (χ0v) is 21.2. The summed E-state index contributed by atoms with van der Waals surface area (Å²) in [5.74, 6) is 1.17. The fourth-order valence-electron chi connectivity index (χ4n) is 3.28. The molecular formula is C25H22BrN3O4S. The number of methoxy groups -OCH3 is 2. The van der Waals surface area contributed by atoms with E-state index in [2.05, 4.69) is 26.0 Å². The van der Waals surface area contributed by atoms with Crippen LogP contribution in [0, 0.1) is 0 Å². The van der Waals surface area contributed by atoms with Crippen molar-refractivity contribution in [2.24, 2.45) is 5.10 Å². The molecule has 0 bridgehead atoms. The Bertz CT molecular complexity index is 1340. The number of para-hydroxylation sites is 1. The monoisotopic (exact) mass is 539 g/mol. The minimum absolute atomic E-state index is 0.311. The highest BCUT2D eigenvalue weighted by atomic mass is 79.9. The van der Waals surface area contributed by atoms with Crippen molar-refractivity contribution in [1.29, 1.82) is 0 Å². The van der Waals surface area contributed by atoms with Gasteiger partial charge in [0.1, 0.15) is 5.75 Å². The van der Waals surface area contributed by atoms with Gasteiger partial charge in [0.25, 0.3) is 5.91 Å². The Balaban J connectivity index is 1.77. The number of nitrogens with zero attached hydrogens (tertiary/aromatic N) is 3. The number of carbonyl (C=O) groups excluding carboxylic acids is 1. The lowest BCUT2D eigenvalue weighted by molar-refractivity contribution is 0.0984. The van der Waals surface area contributed by atoms with Gasteiger partial charge in [-0.25, -0.2) is 4.98 Å². The zero-order chi connectivity index (χ0) is 24.1. The van der Waals surface area contributed by atoms with Gasteiger partial charge in [-0.3, -0.25) is 4.79 Å². The van der Waals surface area contributed by atoms with Crippen LogP contribution in [0.25, 0.3) is 10.2 Å². The Morgan fingerprint density at radius 1 is 1.12 bits per heavy atom. The largest absolute Gasteiger partial charge is 0.494 e. The zero-order valence-electron chi connectivity index (χ0n) is 18.8. The number of hydrogen-bond acceptors (Lipinski definition) is 7. The molecule has 174 valence electrons. The van der Waals surface area contributed by atoms with Gasteiger partial charge in [-0.15, -0.1) is 0 Å². The quantitative estimate of drug-likeness (QED) is 0.198. The average molecular weight is 540 g/mol. The van der Waals surface area contributed by atoms with Gasteiger partial charge in [0.2, 0.25) is 5.13 Å². The van der Waals surface area contributed by atoms with Gasteiger partial charge in [-0.2, -0.15) is 10.1 Å². The van der Waals surface area contributed by atoms with Crippen molar-refractivity contribution in [3.63, 3.8) is 0 Å². The maximum Gasteiger partial charge on any atom is 0.284 e. The normalized spacial score (nSPS) is 11.1. The van der Waals surface area contributed by atoms with Crippen molar-refractivity contribution >= 4 is 54.7 Å². The molecule has 1 heterocycles. The van der Waals surface area contributed by atoms with Crippen LogP contribution >= 0.6 is 27.3 Å². The van der Waals surface area contributed by atoms with E-state index < -0.39 is 5.91 Å². The summed E-state index contributed by atoms with van der Waals surface area (Å²) in [5, 5.41) is 6.24. The van der Waals surface area contributed by atoms with Crippen LogP contribution in [0.2, 0.25) is 0 Å². The third-order valence-corrected chi connectivity index (χ3v) is 6.35. The molecule has 3 aromatic carbocycles. The molecule has 34 heavy (non-hydrogen) atoms. The molecule has 0 aliphatic rings. The maximum atomic E-state index is 13.7. The van der Waals surface area contributed by atoms with E-state index >= 15 is 0 Å². The molecule has 1 amide bonds. The van der Waals surface area contributed by atoms with Crippen molar-refractivity contribution in [1.82, 2.24) is 4.98 Å². The van der Waals surface area contributed by atoms with E-state index in [1.165, 1.54) is 30.6 Å². The second-order valence-corrected chi connectivity index (χ2v) is 8.94. The third-order valence-electron chi connectivity index (χ3n) is 4.86. The van der Waals surface area contributed by atoms with Crippen molar-refractivity contribution in [3.8, 4) is 17.2 Å². The molecular weight excluding hydrogens is 518 g/mol. The summed E-state index contributed by atoms with van der Waals surface area (Å²) in [6.07, 6.45) is 1.61. The number of rotatable bonds is 8. The van der Waals surface area contributed by atoms with E-state index in [4.69, 9.17) is 14.2 Å². The Morgan fingerprint density at radius 3 is 2.62 bits per heavy atom. The standard InChI is InChI=1S/C25H22BrN3O4S/c1-4-33-18-11-8-16(9-12-18)15-27-29(25-28-20-13-10-17(26)14-22(20)34-25)24(30)19-6-5-7-21(31-2)23(19)32-3/h5-15H,4H2,1-3H3/b27-15+. The highest BCUT2D eigenvalue weighted by Gasteiger charge is 2.25. The van der Waals surface area contributed by atoms with Gasteiger partial charge < -0.3 is 14.2 Å². The van der Waals surface area contributed by atoms with Crippen LogP contribution in [0.5, 0.6) is 17.2 Å². The second kappa shape index (κ2) is 10.7. The Labute approximate surface area is 209 Å². The number of fused-ring (bicyclic) bond motifs is 1. The third kappa shape index (κ3) is 5.05. The number of amides is 1. The number of halogens is 1. The van der Waals surface area contributed by atoms with E-state index in [0.717, 1.165) is 26.0 Å². The van der Waals surface area contributed by atoms with Crippen molar-refractivity contribution < 1.29 is 19.0 Å².